The smallest absolute Gasteiger partial charge is 0.382 e. The van der Waals surface area contributed by atoms with Gasteiger partial charge in [-0.25, -0.2) is 9.38 Å². The number of halogens is 4. The molecule has 2 N–H and O–H groups in total. The number of nitrogens with one attached hydrogen (secondary N) is 2. The van der Waals surface area contributed by atoms with E-state index >= 15 is 0 Å². The van der Waals surface area contributed by atoms with Crippen molar-refractivity contribution >= 4 is 5.96 Å². The zero-order valence-corrected chi connectivity index (χ0v) is 15.7. The van der Waals surface area contributed by atoms with Gasteiger partial charge >= 0.3 is 6.18 Å². The molecule has 1 rings (SSSR count). The number of unbranched alkanes of at least 4 members (excludes halogenated alkanes) is 1. The number of aliphatic imine (C=N–C) groups is 1. The van der Waals surface area contributed by atoms with E-state index in [0.717, 1.165) is 25.0 Å². The van der Waals surface area contributed by atoms with Gasteiger partial charge in [0.25, 0.3) is 0 Å². The van der Waals surface area contributed by atoms with Gasteiger partial charge in [-0.15, -0.1) is 0 Å². The molecule has 0 unspecified atom stereocenters. The van der Waals surface area contributed by atoms with E-state index in [-0.39, 0.29) is 12.1 Å². The summed E-state index contributed by atoms with van der Waals surface area (Å²) in [5.74, 6) is -0.511. The van der Waals surface area contributed by atoms with E-state index in [1.807, 2.05) is 6.92 Å². The minimum atomic E-state index is -4.62. The summed E-state index contributed by atoms with van der Waals surface area (Å²) in [6.45, 7) is 4.55. The maximum Gasteiger partial charge on any atom is 0.416 e. The normalized spacial score (nSPS) is 12.3. The largest absolute Gasteiger partial charge is 0.416 e. The van der Waals surface area contributed by atoms with Crippen LogP contribution in [0.4, 0.5) is 17.6 Å². The van der Waals surface area contributed by atoms with E-state index in [4.69, 9.17) is 9.47 Å². The Labute approximate surface area is 157 Å². The molecule has 0 radical (unpaired) electrons. The van der Waals surface area contributed by atoms with Crippen LogP contribution in [0.15, 0.2) is 23.2 Å². The highest BCUT2D eigenvalue weighted by atomic mass is 19.4. The van der Waals surface area contributed by atoms with Crippen LogP contribution in [0.25, 0.3) is 0 Å². The first-order valence-corrected chi connectivity index (χ1v) is 8.83. The Morgan fingerprint density at radius 2 is 1.89 bits per heavy atom. The van der Waals surface area contributed by atoms with Crippen LogP contribution in [0.3, 0.4) is 0 Å². The molecule has 0 spiro atoms. The van der Waals surface area contributed by atoms with Crippen molar-refractivity contribution < 1.29 is 27.0 Å². The zero-order chi connectivity index (χ0) is 20.1. The third kappa shape index (κ3) is 9.58. The van der Waals surface area contributed by atoms with Gasteiger partial charge in [0.1, 0.15) is 5.82 Å². The fraction of sp³-hybridized carbons (Fsp3) is 0.611. The van der Waals surface area contributed by atoms with Crippen molar-refractivity contribution in [3.8, 4) is 0 Å². The fourth-order valence-corrected chi connectivity index (χ4v) is 2.24. The molecule has 1 aromatic carbocycles. The number of hydrogen-bond donors (Lipinski definition) is 2. The number of benzene rings is 1. The van der Waals surface area contributed by atoms with Crippen LogP contribution in [0.5, 0.6) is 0 Å². The van der Waals surface area contributed by atoms with Gasteiger partial charge in [0.2, 0.25) is 0 Å². The maximum absolute atomic E-state index is 13.2. The zero-order valence-electron chi connectivity index (χ0n) is 15.7. The lowest BCUT2D eigenvalue weighted by atomic mass is 10.1. The first kappa shape index (κ1) is 23.2. The second kappa shape index (κ2) is 12.5. The molecule has 27 heavy (non-hydrogen) atoms. The van der Waals surface area contributed by atoms with Crippen LogP contribution < -0.4 is 10.6 Å². The molecule has 0 aromatic heterocycles. The van der Waals surface area contributed by atoms with Crippen LogP contribution in [0, 0.1) is 5.82 Å². The molecule has 0 aliphatic rings. The SMILES string of the molecule is CCNC(=NCc1ccc(F)cc1C(F)(F)F)NCCCCOCCOC. The van der Waals surface area contributed by atoms with E-state index in [2.05, 4.69) is 15.6 Å². The van der Waals surface area contributed by atoms with E-state index in [1.165, 1.54) is 0 Å². The quantitative estimate of drug-likeness (QED) is 0.262. The maximum atomic E-state index is 13.2. The average molecular weight is 393 g/mol. The fourth-order valence-electron chi connectivity index (χ4n) is 2.24. The van der Waals surface area contributed by atoms with Crippen molar-refractivity contribution in [3.05, 3.63) is 35.1 Å². The topological polar surface area (TPSA) is 54.9 Å². The van der Waals surface area contributed by atoms with Gasteiger partial charge in [-0.1, -0.05) is 6.07 Å². The lowest BCUT2D eigenvalue weighted by Crippen LogP contribution is -2.37. The minimum Gasteiger partial charge on any atom is -0.382 e. The minimum absolute atomic E-state index is 0.0763. The Hall–Kier alpha value is -1.87. The average Bonchev–Trinajstić information content (AvgIpc) is 2.61. The Bertz CT molecular complexity index is 580. The van der Waals surface area contributed by atoms with Gasteiger partial charge in [-0.3, -0.25) is 0 Å². The van der Waals surface area contributed by atoms with Crippen molar-refractivity contribution in [1.29, 1.82) is 0 Å². The van der Waals surface area contributed by atoms with Crippen LogP contribution in [-0.4, -0.2) is 46.0 Å². The summed E-state index contributed by atoms with van der Waals surface area (Å²) >= 11 is 0. The van der Waals surface area contributed by atoms with E-state index in [9.17, 15) is 17.6 Å². The second-order valence-electron chi connectivity index (χ2n) is 5.73. The van der Waals surface area contributed by atoms with E-state index in [0.29, 0.717) is 44.9 Å². The molecule has 0 saturated heterocycles. The molecule has 5 nitrogen and oxygen atoms in total. The summed E-state index contributed by atoms with van der Waals surface area (Å²) in [5.41, 5.74) is -1.08. The summed E-state index contributed by atoms with van der Waals surface area (Å²) in [6, 6.07) is 2.61. The summed E-state index contributed by atoms with van der Waals surface area (Å²) in [6.07, 6.45) is -2.96. The lowest BCUT2D eigenvalue weighted by Gasteiger charge is -2.14. The van der Waals surface area contributed by atoms with E-state index < -0.39 is 17.6 Å². The Balaban J connectivity index is 2.54. The van der Waals surface area contributed by atoms with Crippen LogP contribution in [-0.2, 0) is 22.2 Å². The molecule has 0 bridgehead atoms. The lowest BCUT2D eigenvalue weighted by molar-refractivity contribution is -0.138. The summed E-state index contributed by atoms with van der Waals surface area (Å²) < 4.78 is 62.5. The van der Waals surface area contributed by atoms with Crippen molar-refractivity contribution in [1.82, 2.24) is 10.6 Å². The van der Waals surface area contributed by atoms with Gasteiger partial charge in [0.05, 0.1) is 25.3 Å². The standard InChI is InChI=1S/C18H27F4N3O2/c1-3-23-17(24-8-4-5-9-27-11-10-26-2)25-13-14-6-7-15(19)12-16(14)18(20,21)22/h6-7,12H,3-5,8-11,13H2,1-2H3,(H2,23,24,25). The van der Waals surface area contributed by atoms with Crippen molar-refractivity contribution in [3.63, 3.8) is 0 Å². The van der Waals surface area contributed by atoms with Crippen molar-refractivity contribution in [2.45, 2.75) is 32.5 Å². The summed E-state index contributed by atoms with van der Waals surface area (Å²) in [7, 11) is 1.61. The molecule has 0 heterocycles. The summed E-state index contributed by atoms with van der Waals surface area (Å²) in [5, 5.41) is 6.04. The van der Waals surface area contributed by atoms with Crippen LogP contribution >= 0.6 is 0 Å². The highest BCUT2D eigenvalue weighted by Crippen LogP contribution is 2.32. The highest BCUT2D eigenvalue weighted by Gasteiger charge is 2.33. The van der Waals surface area contributed by atoms with Gasteiger partial charge in [0.15, 0.2) is 5.96 Å². The number of alkyl halides is 3. The third-order valence-electron chi connectivity index (χ3n) is 3.57. The van der Waals surface area contributed by atoms with Gasteiger partial charge in [0, 0.05) is 26.8 Å². The number of ether oxygens (including phenoxy) is 2. The first-order valence-electron chi connectivity index (χ1n) is 8.83. The molecule has 154 valence electrons. The number of guanidine groups is 1. The molecule has 0 amide bonds. The van der Waals surface area contributed by atoms with Crippen molar-refractivity contribution in [2.24, 2.45) is 4.99 Å². The number of rotatable bonds is 11. The first-order chi connectivity index (χ1) is 12.9. The Morgan fingerprint density at radius 1 is 1.11 bits per heavy atom. The van der Waals surface area contributed by atoms with E-state index in [1.54, 1.807) is 7.11 Å². The monoisotopic (exact) mass is 393 g/mol. The van der Waals surface area contributed by atoms with Crippen LogP contribution in [0.1, 0.15) is 30.9 Å². The van der Waals surface area contributed by atoms with Gasteiger partial charge < -0.3 is 20.1 Å². The Kier molecular flexibility index (Phi) is 10.7. The Morgan fingerprint density at radius 3 is 2.56 bits per heavy atom. The number of hydrogen-bond acceptors (Lipinski definition) is 3. The molecular formula is C18H27F4N3O2. The van der Waals surface area contributed by atoms with Crippen LogP contribution in [0.2, 0.25) is 0 Å². The molecule has 1 aromatic rings. The van der Waals surface area contributed by atoms with Crippen molar-refractivity contribution in [2.75, 3.05) is 40.0 Å². The molecule has 0 saturated carbocycles. The summed E-state index contributed by atoms with van der Waals surface area (Å²) in [4.78, 5) is 4.17. The van der Waals surface area contributed by atoms with Gasteiger partial charge in [-0.05, 0) is 37.5 Å². The molecule has 0 atom stereocenters. The number of nitrogens with zero attached hydrogens (tertiary/aromatic N) is 1. The van der Waals surface area contributed by atoms with Gasteiger partial charge in [-0.2, -0.15) is 13.2 Å². The molecule has 0 fully saturated rings. The molecular weight excluding hydrogens is 366 g/mol. The second-order valence-corrected chi connectivity index (χ2v) is 5.73. The molecule has 0 aliphatic heterocycles. The molecule has 0 aliphatic carbocycles. The third-order valence-corrected chi connectivity index (χ3v) is 3.57. The molecule has 9 heteroatoms. The predicted octanol–water partition coefficient (Wildman–Crippen LogP) is 3.34. The highest BCUT2D eigenvalue weighted by molar-refractivity contribution is 5.79. The predicted molar refractivity (Wildman–Crippen MR) is 96.1 cm³/mol. The number of methoxy groups -OCH3 is 1.